The van der Waals surface area contributed by atoms with Gasteiger partial charge in [-0.2, -0.15) is 0 Å². The first kappa shape index (κ1) is 26.9. The van der Waals surface area contributed by atoms with E-state index >= 15 is 0 Å². The second-order valence-corrected chi connectivity index (χ2v) is 10.3. The summed E-state index contributed by atoms with van der Waals surface area (Å²) >= 11 is 0. The highest BCUT2D eigenvalue weighted by Gasteiger charge is 2.52. The molecule has 202 valence electrons. The van der Waals surface area contributed by atoms with E-state index in [1.165, 1.54) is 5.56 Å². The van der Waals surface area contributed by atoms with Gasteiger partial charge in [0.15, 0.2) is 5.76 Å². The van der Waals surface area contributed by atoms with Gasteiger partial charge in [-0.25, -0.2) is 0 Å². The Balaban J connectivity index is 1.26. The maximum atomic E-state index is 12.4. The summed E-state index contributed by atoms with van der Waals surface area (Å²) < 4.78 is 17.1. The van der Waals surface area contributed by atoms with Crippen LogP contribution in [0, 0.1) is 6.92 Å². The molecule has 0 bridgehead atoms. The van der Waals surface area contributed by atoms with E-state index in [2.05, 4.69) is 78.0 Å². The van der Waals surface area contributed by atoms with Gasteiger partial charge in [-0.05, 0) is 75.1 Å². The van der Waals surface area contributed by atoms with Crippen molar-refractivity contribution in [1.82, 2.24) is 5.16 Å². The van der Waals surface area contributed by atoms with Crippen LogP contribution in [0.3, 0.4) is 0 Å². The van der Waals surface area contributed by atoms with Crippen molar-refractivity contribution in [2.45, 2.75) is 64.4 Å². The maximum Gasteiger partial charge on any atom is 0.316 e. The zero-order chi connectivity index (χ0) is 27.2. The molecule has 1 saturated carbocycles. The van der Waals surface area contributed by atoms with E-state index in [-0.39, 0.29) is 12.1 Å². The van der Waals surface area contributed by atoms with Crippen LogP contribution in [0.25, 0.3) is 22.5 Å². The number of hydrogen-bond acceptors (Lipinski definition) is 5. The summed E-state index contributed by atoms with van der Waals surface area (Å²) in [6.45, 7) is 7.02. The lowest BCUT2D eigenvalue weighted by molar-refractivity contribution is -0.146. The quantitative estimate of drug-likeness (QED) is 0.176. The Hall–Kier alpha value is -3.70. The molecule has 1 atom stereocenters. The molecular weight excluding hydrogens is 486 g/mol. The number of aromatic nitrogens is 1. The minimum atomic E-state index is -0.442. The van der Waals surface area contributed by atoms with Gasteiger partial charge in [0.1, 0.15) is 0 Å². The molecule has 1 aliphatic rings. The van der Waals surface area contributed by atoms with Crippen molar-refractivity contribution in [3.63, 3.8) is 0 Å². The molecule has 0 aliphatic heterocycles. The molecule has 39 heavy (non-hydrogen) atoms. The molecule has 1 aromatic heterocycles. The fourth-order valence-corrected chi connectivity index (χ4v) is 5.39. The molecule has 0 spiro atoms. The van der Waals surface area contributed by atoms with Crippen molar-refractivity contribution >= 4 is 5.97 Å². The summed E-state index contributed by atoms with van der Waals surface area (Å²) in [6.07, 6.45) is 4.61. The Morgan fingerprint density at radius 2 is 1.54 bits per heavy atom. The fourth-order valence-electron chi connectivity index (χ4n) is 5.39. The van der Waals surface area contributed by atoms with Gasteiger partial charge in [-0.3, -0.25) is 4.79 Å². The Morgan fingerprint density at radius 3 is 2.15 bits per heavy atom. The van der Waals surface area contributed by atoms with Crippen molar-refractivity contribution in [2.75, 3.05) is 13.2 Å². The van der Waals surface area contributed by atoms with Gasteiger partial charge in [-0.1, -0.05) is 84.0 Å². The third-order valence-electron chi connectivity index (χ3n) is 7.75. The molecule has 1 fully saturated rings. The van der Waals surface area contributed by atoms with E-state index in [0.717, 1.165) is 71.4 Å². The monoisotopic (exact) mass is 523 g/mol. The number of nitrogens with zero attached hydrogens (tertiary/aromatic N) is 1. The molecule has 5 rings (SSSR count). The number of ether oxygens (including phenoxy) is 2. The molecular formula is C34H37NO4. The largest absolute Gasteiger partial charge is 0.465 e. The van der Waals surface area contributed by atoms with E-state index in [0.29, 0.717) is 13.2 Å². The average Bonchev–Trinajstić information content (AvgIpc) is 3.71. The van der Waals surface area contributed by atoms with Crippen LogP contribution in [0.1, 0.15) is 68.0 Å². The zero-order valence-corrected chi connectivity index (χ0v) is 23.1. The molecule has 1 aliphatic carbocycles. The van der Waals surface area contributed by atoms with Gasteiger partial charge in [0.25, 0.3) is 0 Å². The van der Waals surface area contributed by atoms with Crippen molar-refractivity contribution in [3.05, 3.63) is 101 Å². The smallest absolute Gasteiger partial charge is 0.316 e. The van der Waals surface area contributed by atoms with Crippen LogP contribution in [-0.4, -0.2) is 24.3 Å². The van der Waals surface area contributed by atoms with Crippen LogP contribution in [-0.2, 0) is 26.1 Å². The molecule has 0 saturated heterocycles. The molecule has 4 aromatic rings. The van der Waals surface area contributed by atoms with Gasteiger partial charge in [0.05, 0.1) is 23.8 Å². The average molecular weight is 524 g/mol. The highest BCUT2D eigenvalue weighted by atomic mass is 16.5. The normalized spacial score (nSPS) is 14.6. The Morgan fingerprint density at radius 1 is 0.897 bits per heavy atom. The second kappa shape index (κ2) is 12.0. The van der Waals surface area contributed by atoms with Crippen molar-refractivity contribution < 1.29 is 18.8 Å². The number of carbonyl (C=O) groups is 1. The van der Waals surface area contributed by atoms with E-state index in [9.17, 15) is 4.79 Å². The number of carbonyl (C=O) groups excluding carboxylic acids is 1. The van der Waals surface area contributed by atoms with Gasteiger partial charge < -0.3 is 14.0 Å². The molecule has 0 amide bonds. The summed E-state index contributed by atoms with van der Waals surface area (Å²) in [5, 5.41) is 4.29. The lowest BCUT2D eigenvalue weighted by Gasteiger charge is -2.17. The number of aryl methyl sites for hydroxylation is 1. The predicted octanol–water partition coefficient (Wildman–Crippen LogP) is 8.01. The Kier molecular flexibility index (Phi) is 8.27. The van der Waals surface area contributed by atoms with Crippen LogP contribution in [0.5, 0.6) is 0 Å². The highest BCUT2D eigenvalue weighted by molar-refractivity contribution is 5.87. The summed E-state index contributed by atoms with van der Waals surface area (Å²) in [5.74, 6) is 0.737. The highest BCUT2D eigenvalue weighted by Crippen LogP contribution is 2.49. The van der Waals surface area contributed by atoms with Gasteiger partial charge in [-0.15, -0.1) is 0 Å². The van der Waals surface area contributed by atoms with Crippen LogP contribution in [0.2, 0.25) is 0 Å². The van der Waals surface area contributed by atoms with Crippen LogP contribution in [0.15, 0.2) is 83.4 Å². The first-order valence-electron chi connectivity index (χ1n) is 14.1. The van der Waals surface area contributed by atoms with Crippen LogP contribution >= 0.6 is 0 Å². The summed E-state index contributed by atoms with van der Waals surface area (Å²) in [4.78, 5) is 12.4. The number of rotatable bonds is 12. The predicted molar refractivity (Wildman–Crippen MR) is 153 cm³/mol. The molecule has 1 heterocycles. The SMILES string of the molecule is CCOC(=O)C1(c2ccc(-c3ccc(-c4onc(C)c4CCCC(OCC)c4ccccc4)cc3)cc2)CC1. The summed E-state index contributed by atoms with van der Waals surface area (Å²) in [7, 11) is 0. The zero-order valence-electron chi connectivity index (χ0n) is 23.1. The van der Waals surface area contributed by atoms with Crippen molar-refractivity contribution in [1.29, 1.82) is 0 Å². The molecule has 3 aromatic carbocycles. The fraction of sp³-hybridized carbons (Fsp3) is 0.353. The van der Waals surface area contributed by atoms with Crippen LogP contribution in [0.4, 0.5) is 0 Å². The van der Waals surface area contributed by atoms with Gasteiger partial charge in [0.2, 0.25) is 0 Å². The number of esters is 1. The third kappa shape index (κ3) is 5.84. The molecule has 1 unspecified atom stereocenters. The van der Waals surface area contributed by atoms with Crippen molar-refractivity contribution in [3.8, 4) is 22.5 Å². The van der Waals surface area contributed by atoms with Crippen LogP contribution < -0.4 is 0 Å². The maximum absolute atomic E-state index is 12.4. The first-order chi connectivity index (χ1) is 19.1. The van der Waals surface area contributed by atoms with E-state index < -0.39 is 5.41 Å². The number of hydrogen-bond donors (Lipinski definition) is 0. The Bertz CT molecular complexity index is 1370. The minimum absolute atomic E-state index is 0.0950. The molecule has 0 radical (unpaired) electrons. The summed E-state index contributed by atoms with van der Waals surface area (Å²) in [5.41, 5.74) is 7.17. The second-order valence-electron chi connectivity index (χ2n) is 10.3. The Labute approximate surface area is 231 Å². The van der Waals surface area contributed by atoms with Crippen molar-refractivity contribution in [2.24, 2.45) is 0 Å². The van der Waals surface area contributed by atoms with Gasteiger partial charge >= 0.3 is 5.97 Å². The number of benzene rings is 3. The third-order valence-corrected chi connectivity index (χ3v) is 7.75. The summed E-state index contributed by atoms with van der Waals surface area (Å²) in [6, 6.07) is 27.2. The lowest BCUT2D eigenvalue weighted by atomic mass is 9.93. The first-order valence-corrected chi connectivity index (χ1v) is 14.1. The van der Waals surface area contributed by atoms with E-state index in [4.69, 9.17) is 14.0 Å². The lowest BCUT2D eigenvalue weighted by Crippen LogP contribution is -2.23. The van der Waals surface area contributed by atoms with Gasteiger partial charge in [0, 0.05) is 17.7 Å². The standard InChI is InChI=1S/C34H37NO4/c1-4-37-31(27-10-7-6-8-11-27)13-9-12-30-24(3)35-39-32(30)28-16-14-25(15-17-28)26-18-20-29(21-19-26)34(22-23-34)33(36)38-5-2/h6-8,10-11,14-21,31H,4-5,9,12-13,22-23H2,1-3H3. The minimum Gasteiger partial charge on any atom is -0.465 e. The molecule has 0 N–H and O–H groups in total. The van der Waals surface area contributed by atoms with E-state index in [1.807, 2.05) is 26.8 Å². The molecule has 5 heteroatoms. The molecule has 5 nitrogen and oxygen atoms in total. The topological polar surface area (TPSA) is 61.6 Å². The van der Waals surface area contributed by atoms with E-state index in [1.54, 1.807) is 0 Å².